The number of aromatic nitrogens is 2. The number of halogens is 1. The maximum absolute atomic E-state index is 4.37. The molecule has 5 heteroatoms. The molecule has 1 aliphatic heterocycles. The molecule has 0 aromatic carbocycles. The first-order valence-electron chi connectivity index (χ1n) is 6.63. The smallest absolute Gasteiger partial charge is 0.0706 e. The zero-order chi connectivity index (χ0) is 13.2. The van der Waals surface area contributed by atoms with Gasteiger partial charge in [-0.3, -0.25) is 4.68 Å². The molecule has 0 radical (unpaired) electrons. The third kappa shape index (κ3) is 2.78. The molecule has 1 aromatic rings. The van der Waals surface area contributed by atoms with Crippen LogP contribution < -0.4 is 5.32 Å². The van der Waals surface area contributed by atoms with Crippen molar-refractivity contribution in [2.24, 2.45) is 7.05 Å². The van der Waals surface area contributed by atoms with Crippen molar-refractivity contribution in [1.82, 2.24) is 15.1 Å². The molecular weight excluding hydrogens is 310 g/mol. The predicted molar refractivity (Wildman–Crippen MR) is 82.0 cm³/mol. The van der Waals surface area contributed by atoms with Crippen LogP contribution in [0.4, 0.5) is 0 Å². The van der Waals surface area contributed by atoms with Gasteiger partial charge in [-0.05, 0) is 54.4 Å². The quantitative estimate of drug-likeness (QED) is 0.895. The average Bonchev–Trinajstić information content (AvgIpc) is 2.90. The summed E-state index contributed by atoms with van der Waals surface area (Å²) in [6.45, 7) is 5.66. The van der Waals surface area contributed by atoms with E-state index in [1.165, 1.54) is 24.3 Å². The van der Waals surface area contributed by atoms with E-state index in [-0.39, 0.29) is 4.75 Å². The second-order valence-electron chi connectivity index (χ2n) is 5.15. The van der Waals surface area contributed by atoms with Crippen LogP contribution in [0.2, 0.25) is 0 Å². The van der Waals surface area contributed by atoms with Gasteiger partial charge in [-0.25, -0.2) is 0 Å². The second-order valence-corrected chi connectivity index (χ2v) is 7.64. The van der Waals surface area contributed by atoms with Crippen molar-refractivity contribution in [2.75, 3.05) is 12.3 Å². The lowest BCUT2D eigenvalue weighted by Crippen LogP contribution is -2.39. The Kier molecular flexibility index (Phi) is 4.78. The van der Waals surface area contributed by atoms with Gasteiger partial charge >= 0.3 is 0 Å². The van der Waals surface area contributed by atoms with Crippen LogP contribution in [-0.2, 0) is 7.05 Å². The van der Waals surface area contributed by atoms with E-state index < -0.39 is 0 Å². The third-order valence-electron chi connectivity index (χ3n) is 3.67. The fourth-order valence-corrected chi connectivity index (χ4v) is 4.65. The van der Waals surface area contributed by atoms with Crippen LogP contribution in [-0.4, -0.2) is 26.8 Å². The summed E-state index contributed by atoms with van der Waals surface area (Å²) in [6.07, 6.45) is 5.66. The van der Waals surface area contributed by atoms with Crippen LogP contribution in [0.15, 0.2) is 10.7 Å². The van der Waals surface area contributed by atoms with Gasteiger partial charge in [0.25, 0.3) is 0 Å². The first-order chi connectivity index (χ1) is 8.58. The summed E-state index contributed by atoms with van der Waals surface area (Å²) in [5, 5.41) is 8.09. The number of nitrogens with zero attached hydrogens (tertiary/aromatic N) is 2. The summed E-state index contributed by atoms with van der Waals surface area (Å²) in [6, 6.07) is 0.367. The van der Waals surface area contributed by atoms with Gasteiger partial charge in [-0.2, -0.15) is 16.9 Å². The summed E-state index contributed by atoms with van der Waals surface area (Å²) in [5.41, 5.74) is 1.28. The molecule has 18 heavy (non-hydrogen) atoms. The third-order valence-corrected chi connectivity index (χ3v) is 5.87. The van der Waals surface area contributed by atoms with Gasteiger partial charge in [0.1, 0.15) is 0 Å². The number of thioether (sulfide) groups is 1. The van der Waals surface area contributed by atoms with E-state index in [1.54, 1.807) is 0 Å². The SMILES string of the molecule is CCCNC(c1c(Br)cnn1C)C1(C)CCCS1. The minimum atomic E-state index is 0.283. The van der Waals surface area contributed by atoms with Crippen LogP contribution in [0.3, 0.4) is 0 Å². The summed E-state index contributed by atoms with van der Waals surface area (Å²) in [7, 11) is 2.03. The van der Waals surface area contributed by atoms with Gasteiger partial charge in [0.15, 0.2) is 0 Å². The Balaban J connectivity index is 2.30. The van der Waals surface area contributed by atoms with Crippen molar-refractivity contribution in [3.63, 3.8) is 0 Å². The molecule has 0 saturated carbocycles. The zero-order valence-electron chi connectivity index (χ0n) is 11.4. The van der Waals surface area contributed by atoms with Crippen molar-refractivity contribution in [3.05, 3.63) is 16.4 Å². The van der Waals surface area contributed by atoms with Gasteiger partial charge in [-0.15, -0.1) is 0 Å². The van der Waals surface area contributed by atoms with Crippen molar-refractivity contribution in [2.45, 2.75) is 43.9 Å². The normalized spacial score (nSPS) is 25.6. The maximum atomic E-state index is 4.37. The van der Waals surface area contributed by atoms with E-state index in [2.05, 4.69) is 52.0 Å². The van der Waals surface area contributed by atoms with Gasteiger partial charge in [0.05, 0.1) is 22.4 Å². The van der Waals surface area contributed by atoms with E-state index >= 15 is 0 Å². The molecule has 1 N–H and O–H groups in total. The maximum Gasteiger partial charge on any atom is 0.0706 e. The first-order valence-corrected chi connectivity index (χ1v) is 8.41. The fraction of sp³-hybridized carbons (Fsp3) is 0.769. The summed E-state index contributed by atoms with van der Waals surface area (Å²) < 4.78 is 3.40. The number of hydrogen-bond acceptors (Lipinski definition) is 3. The van der Waals surface area contributed by atoms with Gasteiger partial charge < -0.3 is 5.32 Å². The van der Waals surface area contributed by atoms with Crippen LogP contribution in [0.1, 0.15) is 44.8 Å². The molecule has 1 aromatic heterocycles. The van der Waals surface area contributed by atoms with Crippen molar-refractivity contribution >= 4 is 27.7 Å². The molecule has 2 rings (SSSR count). The molecule has 1 saturated heterocycles. The van der Waals surface area contributed by atoms with Crippen LogP contribution in [0.5, 0.6) is 0 Å². The van der Waals surface area contributed by atoms with E-state index in [1.807, 2.05) is 17.9 Å². The molecule has 0 spiro atoms. The predicted octanol–water partition coefficient (Wildman–Crippen LogP) is 3.51. The van der Waals surface area contributed by atoms with Gasteiger partial charge in [0, 0.05) is 11.8 Å². The Morgan fingerprint density at radius 3 is 2.94 bits per heavy atom. The molecule has 2 unspecified atom stereocenters. The first kappa shape index (κ1) is 14.4. The van der Waals surface area contributed by atoms with Gasteiger partial charge in [-0.1, -0.05) is 6.92 Å². The molecule has 102 valence electrons. The largest absolute Gasteiger partial charge is 0.307 e. The van der Waals surface area contributed by atoms with E-state index in [0.717, 1.165) is 17.4 Å². The molecular formula is C13H22BrN3S. The molecule has 2 heterocycles. The average molecular weight is 332 g/mol. The number of rotatable bonds is 5. The lowest BCUT2D eigenvalue weighted by Gasteiger charge is -2.34. The Labute approximate surface area is 122 Å². The topological polar surface area (TPSA) is 29.9 Å². The number of hydrogen-bond donors (Lipinski definition) is 1. The monoisotopic (exact) mass is 331 g/mol. The molecule has 0 amide bonds. The second kappa shape index (κ2) is 5.97. The highest BCUT2D eigenvalue weighted by Crippen LogP contribution is 2.47. The molecule has 0 bridgehead atoms. The standard InChI is InChI=1S/C13H22BrN3S/c1-4-7-15-12(13(2)6-5-8-18-13)11-10(14)9-16-17(11)3/h9,12,15H,4-8H2,1-3H3. The lowest BCUT2D eigenvalue weighted by atomic mass is 9.93. The Morgan fingerprint density at radius 2 is 2.44 bits per heavy atom. The van der Waals surface area contributed by atoms with E-state index in [9.17, 15) is 0 Å². The number of aryl methyl sites for hydroxylation is 1. The van der Waals surface area contributed by atoms with Crippen molar-refractivity contribution in [3.8, 4) is 0 Å². The molecule has 3 nitrogen and oxygen atoms in total. The minimum absolute atomic E-state index is 0.283. The minimum Gasteiger partial charge on any atom is -0.307 e. The van der Waals surface area contributed by atoms with Gasteiger partial charge in [0.2, 0.25) is 0 Å². The van der Waals surface area contributed by atoms with Crippen molar-refractivity contribution < 1.29 is 0 Å². The lowest BCUT2D eigenvalue weighted by molar-refractivity contribution is 0.391. The van der Waals surface area contributed by atoms with E-state index in [4.69, 9.17) is 0 Å². The highest BCUT2D eigenvalue weighted by atomic mass is 79.9. The highest BCUT2D eigenvalue weighted by molar-refractivity contribution is 9.10. The molecule has 0 aliphatic carbocycles. The summed E-state index contributed by atoms with van der Waals surface area (Å²) in [4.78, 5) is 0. The Morgan fingerprint density at radius 1 is 1.67 bits per heavy atom. The van der Waals surface area contributed by atoms with Crippen LogP contribution in [0, 0.1) is 0 Å². The zero-order valence-corrected chi connectivity index (χ0v) is 13.8. The Hall–Kier alpha value is -0.000000000000000111. The Bertz CT molecular complexity index is 379. The van der Waals surface area contributed by atoms with E-state index in [0.29, 0.717) is 6.04 Å². The molecule has 1 aliphatic rings. The summed E-state index contributed by atoms with van der Waals surface area (Å²) in [5.74, 6) is 1.27. The van der Waals surface area contributed by atoms with Crippen LogP contribution >= 0.6 is 27.7 Å². The molecule has 1 fully saturated rings. The summed E-state index contributed by atoms with van der Waals surface area (Å²) >= 11 is 5.74. The van der Waals surface area contributed by atoms with Crippen molar-refractivity contribution in [1.29, 1.82) is 0 Å². The van der Waals surface area contributed by atoms with Crippen LogP contribution in [0.25, 0.3) is 0 Å². The highest BCUT2D eigenvalue weighted by Gasteiger charge is 2.40. The number of nitrogens with one attached hydrogen (secondary N) is 1. The fourth-order valence-electron chi connectivity index (χ4n) is 2.66. The molecule has 2 atom stereocenters.